The molecule has 0 unspecified atom stereocenters. The highest BCUT2D eigenvalue weighted by molar-refractivity contribution is 5.80. The Hall–Kier alpha value is -1.05. The molecule has 2 rings (SSSR count). The lowest BCUT2D eigenvalue weighted by molar-refractivity contribution is -0.120. The van der Waals surface area contributed by atoms with Crippen LogP contribution in [0.1, 0.15) is 32.6 Å². The SMILES string of the molecule is CC1=CC2=C(CC1)NC(=O)CC2. The molecular weight excluding hydrogens is 150 g/mol. The minimum absolute atomic E-state index is 0.182. The Bertz CT molecular complexity index is 286. The van der Waals surface area contributed by atoms with Crippen LogP contribution in [0.2, 0.25) is 0 Å². The van der Waals surface area contributed by atoms with Crippen LogP contribution >= 0.6 is 0 Å². The molecule has 0 saturated carbocycles. The van der Waals surface area contributed by atoms with Gasteiger partial charge in [-0.25, -0.2) is 0 Å². The first-order valence-electron chi connectivity index (χ1n) is 4.45. The molecule has 0 aromatic heterocycles. The monoisotopic (exact) mass is 163 g/mol. The minimum Gasteiger partial charge on any atom is -0.329 e. The third-order valence-electron chi connectivity index (χ3n) is 2.49. The Morgan fingerprint density at radius 1 is 1.25 bits per heavy atom. The molecule has 1 heterocycles. The molecule has 1 aliphatic heterocycles. The molecule has 2 aliphatic rings. The summed E-state index contributed by atoms with van der Waals surface area (Å²) in [6.45, 7) is 2.15. The first-order chi connectivity index (χ1) is 5.75. The molecule has 0 fully saturated rings. The van der Waals surface area contributed by atoms with E-state index in [-0.39, 0.29) is 5.91 Å². The zero-order valence-electron chi connectivity index (χ0n) is 7.31. The number of amides is 1. The molecule has 2 heteroatoms. The predicted octanol–water partition coefficient (Wildman–Crippen LogP) is 1.89. The van der Waals surface area contributed by atoms with Crippen molar-refractivity contribution in [3.8, 4) is 0 Å². The third kappa shape index (κ3) is 1.29. The van der Waals surface area contributed by atoms with Crippen molar-refractivity contribution in [1.29, 1.82) is 0 Å². The van der Waals surface area contributed by atoms with Crippen LogP contribution in [-0.4, -0.2) is 5.91 Å². The highest BCUT2D eigenvalue weighted by Gasteiger charge is 2.18. The van der Waals surface area contributed by atoms with Crippen LogP contribution < -0.4 is 5.32 Å². The molecule has 1 N–H and O–H groups in total. The Kier molecular flexibility index (Phi) is 1.75. The summed E-state index contributed by atoms with van der Waals surface area (Å²) in [5.74, 6) is 0.182. The van der Waals surface area contributed by atoms with Gasteiger partial charge in [-0.1, -0.05) is 11.6 Å². The molecule has 0 aromatic carbocycles. The molecule has 0 aromatic rings. The zero-order chi connectivity index (χ0) is 8.55. The summed E-state index contributed by atoms with van der Waals surface area (Å²) in [5, 5.41) is 2.93. The number of allylic oxidation sites excluding steroid dienone is 4. The second-order valence-corrected chi connectivity index (χ2v) is 3.54. The van der Waals surface area contributed by atoms with Gasteiger partial charge < -0.3 is 5.32 Å². The molecule has 0 atom stereocenters. The van der Waals surface area contributed by atoms with Gasteiger partial charge in [0.05, 0.1) is 0 Å². The first-order valence-corrected chi connectivity index (χ1v) is 4.45. The number of carbonyl (C=O) groups excluding carboxylic acids is 1. The molecule has 2 nitrogen and oxygen atoms in total. The van der Waals surface area contributed by atoms with Gasteiger partial charge in [-0.15, -0.1) is 0 Å². The standard InChI is InChI=1S/C10H13NO/c1-7-2-4-9-8(6-7)3-5-10(12)11-9/h6H,2-5H2,1H3,(H,11,12). The van der Waals surface area contributed by atoms with Crippen LogP contribution in [0, 0.1) is 0 Å². The maximum Gasteiger partial charge on any atom is 0.224 e. The lowest BCUT2D eigenvalue weighted by atomic mass is 9.92. The number of hydrogen-bond acceptors (Lipinski definition) is 1. The lowest BCUT2D eigenvalue weighted by Gasteiger charge is -2.23. The summed E-state index contributed by atoms with van der Waals surface area (Å²) < 4.78 is 0. The van der Waals surface area contributed by atoms with Gasteiger partial charge in [-0.3, -0.25) is 4.79 Å². The summed E-state index contributed by atoms with van der Waals surface area (Å²) in [5.41, 5.74) is 3.94. The molecular formula is C10H13NO. The number of hydrogen-bond donors (Lipinski definition) is 1. The highest BCUT2D eigenvalue weighted by atomic mass is 16.1. The van der Waals surface area contributed by atoms with E-state index in [9.17, 15) is 4.79 Å². The van der Waals surface area contributed by atoms with Gasteiger partial charge in [-0.2, -0.15) is 0 Å². The summed E-state index contributed by atoms with van der Waals surface area (Å²) in [6.07, 6.45) is 5.92. The van der Waals surface area contributed by atoms with Gasteiger partial charge in [0.2, 0.25) is 5.91 Å². The van der Waals surface area contributed by atoms with Crippen LogP contribution in [0.4, 0.5) is 0 Å². The highest BCUT2D eigenvalue weighted by Crippen LogP contribution is 2.27. The lowest BCUT2D eigenvalue weighted by Crippen LogP contribution is -2.28. The van der Waals surface area contributed by atoms with Crippen molar-refractivity contribution in [2.24, 2.45) is 0 Å². The molecule has 1 aliphatic carbocycles. The van der Waals surface area contributed by atoms with Crippen LogP contribution in [0.15, 0.2) is 22.9 Å². The fourth-order valence-electron chi connectivity index (χ4n) is 1.78. The Morgan fingerprint density at radius 3 is 2.92 bits per heavy atom. The molecule has 12 heavy (non-hydrogen) atoms. The summed E-state index contributed by atoms with van der Waals surface area (Å²) >= 11 is 0. The smallest absolute Gasteiger partial charge is 0.224 e. The van der Waals surface area contributed by atoms with Crippen molar-refractivity contribution >= 4 is 5.91 Å². The fourth-order valence-corrected chi connectivity index (χ4v) is 1.78. The second-order valence-electron chi connectivity index (χ2n) is 3.54. The van der Waals surface area contributed by atoms with E-state index in [2.05, 4.69) is 18.3 Å². The predicted molar refractivity (Wildman–Crippen MR) is 47.4 cm³/mol. The van der Waals surface area contributed by atoms with E-state index in [4.69, 9.17) is 0 Å². The maximum absolute atomic E-state index is 11.0. The topological polar surface area (TPSA) is 29.1 Å². The molecule has 0 radical (unpaired) electrons. The third-order valence-corrected chi connectivity index (χ3v) is 2.49. The molecule has 0 saturated heterocycles. The van der Waals surface area contributed by atoms with Gasteiger partial charge in [-0.05, 0) is 31.8 Å². The van der Waals surface area contributed by atoms with Crippen LogP contribution in [-0.2, 0) is 4.79 Å². The van der Waals surface area contributed by atoms with Gasteiger partial charge in [0.25, 0.3) is 0 Å². The average molecular weight is 163 g/mol. The Labute approximate surface area is 72.3 Å². The van der Waals surface area contributed by atoms with Crippen molar-refractivity contribution < 1.29 is 4.79 Å². The Morgan fingerprint density at radius 2 is 2.08 bits per heavy atom. The molecule has 1 amide bonds. The van der Waals surface area contributed by atoms with E-state index in [1.165, 1.54) is 11.1 Å². The van der Waals surface area contributed by atoms with E-state index < -0.39 is 0 Å². The van der Waals surface area contributed by atoms with Crippen molar-refractivity contribution in [3.05, 3.63) is 22.9 Å². The fraction of sp³-hybridized carbons (Fsp3) is 0.500. The Balaban J connectivity index is 2.27. The normalized spacial score (nSPS) is 23.1. The minimum atomic E-state index is 0.182. The van der Waals surface area contributed by atoms with Gasteiger partial charge in [0, 0.05) is 12.1 Å². The average Bonchev–Trinajstić information content (AvgIpc) is 2.05. The number of carbonyl (C=O) groups is 1. The van der Waals surface area contributed by atoms with Crippen molar-refractivity contribution in [2.45, 2.75) is 32.6 Å². The van der Waals surface area contributed by atoms with Crippen LogP contribution in [0.25, 0.3) is 0 Å². The largest absolute Gasteiger partial charge is 0.329 e. The van der Waals surface area contributed by atoms with Crippen LogP contribution in [0.3, 0.4) is 0 Å². The first kappa shape index (κ1) is 7.59. The summed E-state index contributed by atoms with van der Waals surface area (Å²) in [6, 6.07) is 0. The summed E-state index contributed by atoms with van der Waals surface area (Å²) in [4.78, 5) is 11.0. The van der Waals surface area contributed by atoms with E-state index >= 15 is 0 Å². The van der Waals surface area contributed by atoms with Gasteiger partial charge in [0.15, 0.2) is 0 Å². The number of nitrogens with one attached hydrogen (secondary N) is 1. The molecule has 0 spiro atoms. The van der Waals surface area contributed by atoms with Crippen molar-refractivity contribution in [1.82, 2.24) is 5.32 Å². The van der Waals surface area contributed by atoms with E-state index in [1.54, 1.807) is 0 Å². The second kappa shape index (κ2) is 2.77. The van der Waals surface area contributed by atoms with E-state index in [1.807, 2.05) is 0 Å². The molecule has 0 bridgehead atoms. The van der Waals surface area contributed by atoms with E-state index in [0.29, 0.717) is 6.42 Å². The maximum atomic E-state index is 11.0. The van der Waals surface area contributed by atoms with E-state index in [0.717, 1.165) is 25.0 Å². The molecule has 64 valence electrons. The van der Waals surface area contributed by atoms with Crippen molar-refractivity contribution in [2.75, 3.05) is 0 Å². The quantitative estimate of drug-likeness (QED) is 0.580. The van der Waals surface area contributed by atoms with Gasteiger partial charge >= 0.3 is 0 Å². The summed E-state index contributed by atoms with van der Waals surface area (Å²) in [7, 11) is 0. The van der Waals surface area contributed by atoms with Crippen LogP contribution in [0.5, 0.6) is 0 Å². The number of rotatable bonds is 0. The van der Waals surface area contributed by atoms with Gasteiger partial charge in [0.1, 0.15) is 0 Å². The van der Waals surface area contributed by atoms with Crippen molar-refractivity contribution in [3.63, 3.8) is 0 Å². The zero-order valence-corrected chi connectivity index (χ0v) is 7.31.